The minimum absolute atomic E-state index is 0.0136. The zero-order valence-corrected chi connectivity index (χ0v) is 21.0. The summed E-state index contributed by atoms with van der Waals surface area (Å²) in [6.07, 6.45) is 0. The van der Waals surface area contributed by atoms with E-state index >= 15 is 0 Å². The van der Waals surface area contributed by atoms with Gasteiger partial charge in [0.25, 0.3) is 5.91 Å². The molecule has 4 aromatic rings. The van der Waals surface area contributed by atoms with Gasteiger partial charge in [-0.1, -0.05) is 54.2 Å². The van der Waals surface area contributed by atoms with Crippen molar-refractivity contribution in [1.82, 2.24) is 9.88 Å². The fourth-order valence-corrected chi connectivity index (χ4v) is 7.19. The van der Waals surface area contributed by atoms with Gasteiger partial charge in [-0.25, -0.2) is 9.98 Å². The molecule has 5 nitrogen and oxygen atoms in total. The van der Waals surface area contributed by atoms with E-state index in [1.54, 1.807) is 28.0 Å². The van der Waals surface area contributed by atoms with Gasteiger partial charge in [-0.05, 0) is 54.6 Å². The van der Waals surface area contributed by atoms with Gasteiger partial charge in [-0.3, -0.25) is 9.69 Å². The van der Waals surface area contributed by atoms with E-state index in [1.807, 2.05) is 68.6 Å². The summed E-state index contributed by atoms with van der Waals surface area (Å²) in [6.45, 7) is 2.48. The summed E-state index contributed by atoms with van der Waals surface area (Å²) in [6, 6.07) is 24.3. The number of amides is 1. The number of carbonyl (C=O) groups is 1. The molecule has 8 heteroatoms. The smallest absolute Gasteiger partial charge is 0.269 e. The summed E-state index contributed by atoms with van der Waals surface area (Å²) in [7, 11) is 2.02. The number of hydrogen-bond acceptors (Lipinski definition) is 7. The Hall–Kier alpha value is -3.07. The summed E-state index contributed by atoms with van der Waals surface area (Å²) < 4.78 is 1.14. The zero-order valence-electron chi connectivity index (χ0n) is 18.6. The van der Waals surface area contributed by atoms with Crippen LogP contribution in [0.2, 0.25) is 0 Å². The minimum atomic E-state index is -0.0136. The molecule has 0 unspecified atom stereocenters. The number of nitrogens with zero attached hydrogens (tertiary/aromatic N) is 4. The van der Waals surface area contributed by atoms with Crippen LogP contribution in [0.4, 0.5) is 11.4 Å². The first kappa shape index (κ1) is 21.5. The number of amidine groups is 1. The van der Waals surface area contributed by atoms with Crippen LogP contribution in [0.25, 0.3) is 10.2 Å². The number of benzene rings is 3. The van der Waals surface area contributed by atoms with Crippen molar-refractivity contribution in [2.75, 3.05) is 11.9 Å². The van der Waals surface area contributed by atoms with Gasteiger partial charge in [0.15, 0.2) is 5.17 Å². The summed E-state index contributed by atoms with van der Waals surface area (Å²) in [5.41, 5.74) is 3.92. The van der Waals surface area contributed by atoms with Gasteiger partial charge in [0.05, 0.1) is 38.2 Å². The molecule has 3 aromatic carbocycles. The number of anilines is 1. The van der Waals surface area contributed by atoms with Gasteiger partial charge in [0, 0.05) is 11.9 Å². The summed E-state index contributed by atoms with van der Waals surface area (Å²) >= 11 is 4.76. The number of fused-ring (bicyclic) bond motifs is 2. The molecule has 2 aliphatic rings. The third kappa shape index (κ3) is 3.81. The molecule has 1 fully saturated rings. The van der Waals surface area contributed by atoms with E-state index < -0.39 is 0 Å². The van der Waals surface area contributed by atoms with E-state index in [4.69, 9.17) is 4.99 Å². The molecule has 0 saturated carbocycles. The number of thiazole rings is 1. The van der Waals surface area contributed by atoms with Crippen molar-refractivity contribution in [3.63, 3.8) is 0 Å². The number of thioether (sulfide) groups is 2. The third-order valence-corrected chi connectivity index (χ3v) is 9.07. The van der Waals surface area contributed by atoms with E-state index in [0.29, 0.717) is 16.6 Å². The number of aryl methyl sites for hydroxylation is 1. The molecule has 0 N–H and O–H groups in total. The van der Waals surface area contributed by atoms with Gasteiger partial charge < -0.3 is 4.90 Å². The second-order valence-corrected chi connectivity index (χ2v) is 11.3. The van der Waals surface area contributed by atoms with Crippen LogP contribution in [0.5, 0.6) is 0 Å². The lowest BCUT2D eigenvalue weighted by atomic mass is 10.2. The van der Waals surface area contributed by atoms with Crippen molar-refractivity contribution in [3.05, 3.63) is 93.3 Å². The molecule has 1 amide bonds. The number of carbonyl (C=O) groups excluding carboxylic acids is 1. The van der Waals surface area contributed by atoms with E-state index in [1.165, 1.54) is 11.8 Å². The predicted octanol–water partition coefficient (Wildman–Crippen LogP) is 6.78. The van der Waals surface area contributed by atoms with Crippen LogP contribution in [0.1, 0.15) is 10.6 Å². The second-order valence-electron chi connectivity index (χ2n) is 8.02. The molecule has 1 saturated heterocycles. The highest BCUT2D eigenvalue weighted by Gasteiger charge is 2.39. The predicted molar refractivity (Wildman–Crippen MR) is 144 cm³/mol. The van der Waals surface area contributed by atoms with Crippen LogP contribution >= 0.6 is 34.9 Å². The monoisotopic (exact) mass is 500 g/mol. The standard InChI is InChI=1S/C26H20N4OS3/c1-16-27-19-14-18(12-13-21(19)32-16)28-26-30(15-17-8-4-3-5-9-17)24(31)23(34-26)25-29(2)20-10-6-7-11-22(20)33-25/h3-14H,15H2,1-2H3/b25-23-,28-26?. The van der Waals surface area contributed by atoms with E-state index in [9.17, 15) is 4.79 Å². The highest BCUT2D eigenvalue weighted by atomic mass is 32.2. The van der Waals surface area contributed by atoms with E-state index in [-0.39, 0.29) is 5.91 Å². The molecular formula is C26H20N4OS3. The quantitative estimate of drug-likeness (QED) is 0.290. The first-order valence-electron chi connectivity index (χ1n) is 10.8. The zero-order chi connectivity index (χ0) is 23.2. The Balaban J connectivity index is 1.42. The Bertz CT molecular complexity index is 1490. The van der Waals surface area contributed by atoms with Crippen LogP contribution in [0, 0.1) is 6.92 Å². The largest absolute Gasteiger partial charge is 0.337 e. The maximum absolute atomic E-state index is 13.7. The SMILES string of the molecule is Cc1nc2cc(N=C3S/C(=C4\Sc5ccccc5N4C)C(=O)N3Cc3ccccc3)ccc2s1. The molecule has 1 aromatic heterocycles. The molecule has 0 atom stereocenters. The maximum atomic E-state index is 13.7. The summed E-state index contributed by atoms with van der Waals surface area (Å²) in [5.74, 6) is -0.0136. The van der Waals surface area contributed by atoms with Crippen LogP contribution in [-0.2, 0) is 11.3 Å². The Kier molecular flexibility index (Phi) is 5.44. The molecule has 168 valence electrons. The average Bonchev–Trinajstić information content (AvgIpc) is 3.48. The Labute approximate surface area is 210 Å². The average molecular weight is 501 g/mol. The van der Waals surface area contributed by atoms with Gasteiger partial charge >= 0.3 is 0 Å². The van der Waals surface area contributed by atoms with Crippen molar-refractivity contribution in [3.8, 4) is 0 Å². The number of aromatic nitrogens is 1. The fraction of sp³-hybridized carbons (Fsp3) is 0.115. The number of para-hydroxylation sites is 1. The lowest BCUT2D eigenvalue weighted by molar-refractivity contribution is -0.122. The van der Waals surface area contributed by atoms with Gasteiger partial charge in [0.2, 0.25) is 0 Å². The molecule has 3 heterocycles. The number of hydrogen-bond donors (Lipinski definition) is 0. The second kappa shape index (κ2) is 8.61. The molecule has 0 bridgehead atoms. The van der Waals surface area contributed by atoms with Gasteiger partial charge in [0.1, 0.15) is 4.91 Å². The van der Waals surface area contributed by atoms with Crippen molar-refractivity contribution in [2.45, 2.75) is 18.4 Å². The minimum Gasteiger partial charge on any atom is -0.337 e. The number of aliphatic imine (C=N–C) groups is 1. The number of rotatable bonds is 3. The molecule has 34 heavy (non-hydrogen) atoms. The Morgan fingerprint density at radius 2 is 1.76 bits per heavy atom. The van der Waals surface area contributed by atoms with Crippen molar-refractivity contribution < 1.29 is 4.79 Å². The normalized spacial score (nSPS) is 19.0. The van der Waals surface area contributed by atoms with Gasteiger partial charge in [-0.2, -0.15) is 0 Å². The van der Waals surface area contributed by atoms with E-state index in [2.05, 4.69) is 28.1 Å². The molecule has 2 aliphatic heterocycles. The topological polar surface area (TPSA) is 48.8 Å². The van der Waals surface area contributed by atoms with Crippen LogP contribution in [0.3, 0.4) is 0 Å². The Morgan fingerprint density at radius 1 is 0.971 bits per heavy atom. The fourth-order valence-electron chi connectivity index (χ4n) is 4.04. The molecule has 0 radical (unpaired) electrons. The lowest BCUT2D eigenvalue weighted by Gasteiger charge is -2.16. The van der Waals surface area contributed by atoms with Gasteiger partial charge in [-0.15, -0.1) is 11.3 Å². The molecular weight excluding hydrogens is 481 g/mol. The van der Waals surface area contributed by atoms with Crippen LogP contribution in [-0.4, -0.2) is 28.0 Å². The molecule has 6 rings (SSSR count). The van der Waals surface area contributed by atoms with Crippen molar-refractivity contribution in [1.29, 1.82) is 0 Å². The highest BCUT2D eigenvalue weighted by Crippen LogP contribution is 2.50. The highest BCUT2D eigenvalue weighted by molar-refractivity contribution is 8.19. The van der Waals surface area contributed by atoms with Crippen LogP contribution in [0.15, 0.2) is 92.6 Å². The molecule has 0 aliphatic carbocycles. The van der Waals surface area contributed by atoms with Crippen molar-refractivity contribution >= 4 is 67.5 Å². The maximum Gasteiger partial charge on any atom is 0.269 e. The first-order valence-corrected chi connectivity index (χ1v) is 13.3. The van der Waals surface area contributed by atoms with Crippen molar-refractivity contribution in [2.24, 2.45) is 4.99 Å². The summed E-state index contributed by atoms with van der Waals surface area (Å²) in [4.78, 5) is 29.0. The Morgan fingerprint density at radius 3 is 2.59 bits per heavy atom. The molecule has 0 spiro atoms. The third-order valence-electron chi connectivity index (χ3n) is 5.68. The van der Waals surface area contributed by atoms with Crippen LogP contribution < -0.4 is 4.90 Å². The first-order chi connectivity index (χ1) is 16.6. The summed E-state index contributed by atoms with van der Waals surface area (Å²) in [5, 5.41) is 2.67. The lowest BCUT2D eigenvalue weighted by Crippen LogP contribution is -2.29. The van der Waals surface area contributed by atoms with E-state index in [0.717, 1.165) is 42.1 Å².